The highest BCUT2D eigenvalue weighted by atomic mass is 32.1. The van der Waals surface area contributed by atoms with Crippen molar-refractivity contribution < 1.29 is 0 Å². The van der Waals surface area contributed by atoms with Gasteiger partial charge in [0, 0.05) is 10.9 Å². The minimum atomic E-state index is 0.314. The monoisotopic (exact) mass is 169 g/mol. The number of hydrogen-bond acceptors (Lipinski definition) is 2. The van der Waals surface area contributed by atoms with Gasteiger partial charge in [0.1, 0.15) is 0 Å². The third kappa shape index (κ3) is 2.64. The maximum absolute atomic E-state index is 5.91. The van der Waals surface area contributed by atoms with E-state index in [1.807, 2.05) is 0 Å². The van der Waals surface area contributed by atoms with E-state index in [1.54, 1.807) is 11.3 Å². The van der Waals surface area contributed by atoms with Crippen molar-refractivity contribution in [3.8, 4) is 0 Å². The topological polar surface area (TPSA) is 26.0 Å². The van der Waals surface area contributed by atoms with Crippen LogP contribution in [0, 0.1) is 5.92 Å². The van der Waals surface area contributed by atoms with Crippen molar-refractivity contribution in [1.29, 1.82) is 0 Å². The predicted octanol–water partition coefficient (Wildman–Crippen LogP) is 2.27. The second-order valence-electron chi connectivity index (χ2n) is 3.19. The molecule has 1 atom stereocenters. The number of thiophene rings is 1. The van der Waals surface area contributed by atoms with Crippen molar-refractivity contribution in [2.45, 2.75) is 26.3 Å². The van der Waals surface area contributed by atoms with Crippen molar-refractivity contribution in [3.63, 3.8) is 0 Å². The van der Waals surface area contributed by atoms with Gasteiger partial charge in [-0.2, -0.15) is 0 Å². The van der Waals surface area contributed by atoms with Gasteiger partial charge in [0.05, 0.1) is 0 Å². The Bertz CT molecular complexity index is 191. The Hall–Kier alpha value is -0.340. The first kappa shape index (κ1) is 8.75. The molecule has 1 rings (SSSR count). The van der Waals surface area contributed by atoms with Crippen LogP contribution >= 0.6 is 11.3 Å². The van der Waals surface area contributed by atoms with Gasteiger partial charge >= 0.3 is 0 Å². The summed E-state index contributed by atoms with van der Waals surface area (Å²) in [6, 6.07) is 4.54. The quantitative estimate of drug-likeness (QED) is 0.738. The van der Waals surface area contributed by atoms with Crippen molar-refractivity contribution in [2.75, 3.05) is 0 Å². The molecule has 0 radical (unpaired) electrons. The van der Waals surface area contributed by atoms with Crippen LogP contribution in [0.3, 0.4) is 0 Å². The maximum atomic E-state index is 5.91. The molecule has 0 aliphatic carbocycles. The van der Waals surface area contributed by atoms with Crippen molar-refractivity contribution in [2.24, 2.45) is 11.7 Å². The lowest BCUT2D eigenvalue weighted by atomic mass is 10.0. The molecule has 2 N–H and O–H groups in total. The summed E-state index contributed by atoms with van der Waals surface area (Å²) in [7, 11) is 0. The number of nitrogens with two attached hydrogens (primary N) is 1. The zero-order chi connectivity index (χ0) is 8.27. The fraction of sp³-hybridized carbons (Fsp3) is 0.556. The van der Waals surface area contributed by atoms with Gasteiger partial charge in [-0.05, 0) is 23.8 Å². The standard InChI is InChI=1S/C9H15NS/c1-7(2)9(10)6-8-4-3-5-11-8/h3-5,7,9H,6,10H2,1-2H3. The average Bonchev–Trinajstić information content (AvgIpc) is 2.39. The Morgan fingerprint density at radius 3 is 2.73 bits per heavy atom. The van der Waals surface area contributed by atoms with Crippen LogP contribution in [-0.4, -0.2) is 6.04 Å². The first-order valence-electron chi connectivity index (χ1n) is 3.98. The van der Waals surface area contributed by atoms with Gasteiger partial charge in [0.25, 0.3) is 0 Å². The summed E-state index contributed by atoms with van der Waals surface area (Å²) in [5.41, 5.74) is 5.91. The predicted molar refractivity (Wildman–Crippen MR) is 50.8 cm³/mol. The van der Waals surface area contributed by atoms with Crippen LogP contribution in [-0.2, 0) is 6.42 Å². The van der Waals surface area contributed by atoms with Crippen molar-refractivity contribution in [3.05, 3.63) is 22.4 Å². The molecule has 1 nitrogen and oxygen atoms in total. The molecular formula is C9H15NS. The molecule has 1 aromatic rings. The first-order valence-corrected chi connectivity index (χ1v) is 4.86. The van der Waals surface area contributed by atoms with Gasteiger partial charge in [-0.1, -0.05) is 19.9 Å². The normalized spacial score (nSPS) is 13.8. The molecule has 11 heavy (non-hydrogen) atoms. The maximum Gasteiger partial charge on any atom is 0.0110 e. The second-order valence-corrected chi connectivity index (χ2v) is 4.22. The molecule has 1 heterocycles. The van der Waals surface area contributed by atoms with Crippen LogP contribution in [0.25, 0.3) is 0 Å². The van der Waals surface area contributed by atoms with Gasteiger partial charge < -0.3 is 5.73 Å². The summed E-state index contributed by atoms with van der Waals surface area (Å²) in [4.78, 5) is 1.39. The summed E-state index contributed by atoms with van der Waals surface area (Å²) in [6.07, 6.45) is 1.02. The summed E-state index contributed by atoms with van der Waals surface area (Å²) < 4.78 is 0. The highest BCUT2D eigenvalue weighted by Gasteiger charge is 2.08. The van der Waals surface area contributed by atoms with Crippen LogP contribution in [0.4, 0.5) is 0 Å². The summed E-state index contributed by atoms with van der Waals surface area (Å²) in [6.45, 7) is 4.33. The highest BCUT2D eigenvalue weighted by Crippen LogP contribution is 2.13. The molecule has 62 valence electrons. The third-order valence-electron chi connectivity index (χ3n) is 1.87. The molecule has 2 heteroatoms. The summed E-state index contributed by atoms with van der Waals surface area (Å²) in [5.74, 6) is 0.581. The lowest BCUT2D eigenvalue weighted by Gasteiger charge is -2.13. The molecule has 1 unspecified atom stereocenters. The zero-order valence-corrected chi connectivity index (χ0v) is 7.90. The van der Waals surface area contributed by atoms with Gasteiger partial charge in [-0.3, -0.25) is 0 Å². The Morgan fingerprint density at radius 2 is 2.27 bits per heavy atom. The van der Waals surface area contributed by atoms with E-state index in [2.05, 4.69) is 31.4 Å². The van der Waals surface area contributed by atoms with Crippen LogP contribution in [0.5, 0.6) is 0 Å². The fourth-order valence-corrected chi connectivity index (χ4v) is 1.67. The van der Waals surface area contributed by atoms with E-state index < -0.39 is 0 Å². The molecule has 0 saturated heterocycles. The van der Waals surface area contributed by atoms with E-state index in [0.29, 0.717) is 12.0 Å². The average molecular weight is 169 g/mol. The lowest BCUT2D eigenvalue weighted by molar-refractivity contribution is 0.493. The van der Waals surface area contributed by atoms with E-state index in [1.165, 1.54) is 4.88 Å². The summed E-state index contributed by atoms with van der Waals surface area (Å²) >= 11 is 1.79. The van der Waals surface area contributed by atoms with Crippen LogP contribution < -0.4 is 5.73 Å². The molecule has 0 aliphatic rings. The Balaban J connectivity index is 2.43. The van der Waals surface area contributed by atoms with Crippen molar-refractivity contribution >= 4 is 11.3 Å². The first-order chi connectivity index (χ1) is 5.20. The lowest BCUT2D eigenvalue weighted by Crippen LogP contribution is -2.28. The van der Waals surface area contributed by atoms with Gasteiger partial charge in [0.2, 0.25) is 0 Å². The van der Waals surface area contributed by atoms with Crippen molar-refractivity contribution in [1.82, 2.24) is 0 Å². The van der Waals surface area contributed by atoms with Gasteiger partial charge in [-0.15, -0.1) is 11.3 Å². The number of hydrogen-bond donors (Lipinski definition) is 1. The minimum Gasteiger partial charge on any atom is -0.327 e. The van der Waals surface area contributed by atoms with E-state index in [4.69, 9.17) is 5.73 Å². The van der Waals surface area contributed by atoms with Crippen LogP contribution in [0.15, 0.2) is 17.5 Å². The molecular weight excluding hydrogens is 154 g/mol. The molecule has 0 fully saturated rings. The summed E-state index contributed by atoms with van der Waals surface area (Å²) in [5, 5.41) is 2.10. The SMILES string of the molecule is CC(C)C(N)Cc1cccs1. The second kappa shape index (κ2) is 3.88. The highest BCUT2D eigenvalue weighted by molar-refractivity contribution is 7.09. The van der Waals surface area contributed by atoms with E-state index in [0.717, 1.165) is 6.42 Å². The fourth-order valence-electron chi connectivity index (χ4n) is 0.897. The minimum absolute atomic E-state index is 0.314. The van der Waals surface area contributed by atoms with Gasteiger partial charge in [0.15, 0.2) is 0 Å². The molecule has 0 amide bonds. The Labute approximate surface area is 72.2 Å². The van der Waals surface area contributed by atoms with Crippen LogP contribution in [0.2, 0.25) is 0 Å². The number of rotatable bonds is 3. The van der Waals surface area contributed by atoms with E-state index in [-0.39, 0.29) is 0 Å². The molecule has 0 aliphatic heterocycles. The molecule has 0 aromatic carbocycles. The zero-order valence-electron chi connectivity index (χ0n) is 7.08. The van der Waals surface area contributed by atoms with E-state index in [9.17, 15) is 0 Å². The third-order valence-corrected chi connectivity index (χ3v) is 2.77. The molecule has 0 bridgehead atoms. The Morgan fingerprint density at radius 1 is 1.55 bits per heavy atom. The smallest absolute Gasteiger partial charge is 0.0110 e. The largest absolute Gasteiger partial charge is 0.327 e. The molecule has 1 aromatic heterocycles. The van der Waals surface area contributed by atoms with Crippen LogP contribution in [0.1, 0.15) is 18.7 Å². The van der Waals surface area contributed by atoms with E-state index >= 15 is 0 Å². The molecule has 0 saturated carbocycles. The Kier molecular flexibility index (Phi) is 3.09. The van der Waals surface area contributed by atoms with Gasteiger partial charge in [-0.25, -0.2) is 0 Å². The molecule has 0 spiro atoms.